The van der Waals surface area contributed by atoms with Gasteiger partial charge in [-0.05, 0) is 118 Å². The zero-order valence-corrected chi connectivity index (χ0v) is 20.3. The first-order valence-electron chi connectivity index (χ1n) is 13.4. The van der Waals surface area contributed by atoms with Crippen LogP contribution in [-0.2, 0) is 4.74 Å². The molecule has 0 radical (unpaired) electrons. The van der Waals surface area contributed by atoms with Crippen molar-refractivity contribution in [3.8, 4) is 0 Å². The van der Waals surface area contributed by atoms with Crippen molar-refractivity contribution in [3.63, 3.8) is 0 Å². The third kappa shape index (κ3) is 3.85. The van der Waals surface area contributed by atoms with Crippen LogP contribution < -0.4 is 0 Å². The molecule has 4 aliphatic carbocycles. The van der Waals surface area contributed by atoms with Crippen molar-refractivity contribution in [2.24, 2.45) is 34.5 Å². The molecule has 0 bridgehead atoms. The average Bonchev–Trinajstić information content (AvgIpc) is 3.05. The monoisotopic (exact) mass is 430 g/mol. The van der Waals surface area contributed by atoms with E-state index in [1.165, 1.54) is 51.4 Å². The first-order chi connectivity index (χ1) is 14.7. The van der Waals surface area contributed by atoms with Crippen LogP contribution in [0.4, 0.5) is 0 Å². The summed E-state index contributed by atoms with van der Waals surface area (Å²) in [5.74, 6) is 3.38. The molecule has 2 N–H and O–H groups in total. The van der Waals surface area contributed by atoms with Crippen LogP contribution in [-0.4, -0.2) is 34.6 Å². The Morgan fingerprint density at radius 2 is 1.71 bits per heavy atom. The number of rotatable bonds is 4. The summed E-state index contributed by atoms with van der Waals surface area (Å²) < 4.78 is 5.46. The van der Waals surface area contributed by atoms with Gasteiger partial charge in [0.15, 0.2) is 0 Å². The summed E-state index contributed by atoms with van der Waals surface area (Å²) in [6.07, 6.45) is 17.5. The van der Waals surface area contributed by atoms with E-state index in [1.54, 1.807) is 5.57 Å². The number of aliphatic hydroxyl groups is 2. The van der Waals surface area contributed by atoms with E-state index in [4.69, 9.17) is 4.74 Å². The fraction of sp³-hybridized carbons (Fsp3) is 0.929. The first-order valence-corrected chi connectivity index (χ1v) is 13.4. The average molecular weight is 431 g/mol. The maximum absolute atomic E-state index is 10.9. The lowest BCUT2D eigenvalue weighted by atomic mass is 9.46. The Morgan fingerprint density at radius 3 is 2.48 bits per heavy atom. The van der Waals surface area contributed by atoms with E-state index in [0.717, 1.165) is 69.0 Å². The van der Waals surface area contributed by atoms with Crippen LogP contribution in [0, 0.1) is 34.5 Å². The fourth-order valence-electron chi connectivity index (χ4n) is 9.07. The van der Waals surface area contributed by atoms with E-state index in [1.807, 2.05) is 6.92 Å². The van der Waals surface area contributed by atoms with Gasteiger partial charge in [-0.3, -0.25) is 0 Å². The Morgan fingerprint density at radius 1 is 0.935 bits per heavy atom. The Balaban J connectivity index is 1.26. The van der Waals surface area contributed by atoms with Gasteiger partial charge in [0.1, 0.15) is 0 Å². The minimum atomic E-state index is -0.492. The molecule has 5 aliphatic rings. The van der Waals surface area contributed by atoms with E-state index < -0.39 is 11.2 Å². The van der Waals surface area contributed by atoms with E-state index in [2.05, 4.69) is 19.9 Å². The second-order valence-corrected chi connectivity index (χ2v) is 13.0. The lowest BCUT2D eigenvalue weighted by Crippen LogP contribution is -2.51. The molecular weight excluding hydrogens is 384 g/mol. The largest absolute Gasteiger partial charge is 0.390 e. The molecule has 0 aromatic heterocycles. The molecule has 0 amide bonds. The van der Waals surface area contributed by atoms with Gasteiger partial charge in [0.05, 0.1) is 11.2 Å². The Bertz CT molecular complexity index is 705. The highest BCUT2D eigenvalue weighted by atomic mass is 16.5. The van der Waals surface area contributed by atoms with E-state index >= 15 is 0 Å². The second kappa shape index (κ2) is 7.84. The topological polar surface area (TPSA) is 49.7 Å². The van der Waals surface area contributed by atoms with Crippen LogP contribution >= 0.6 is 0 Å². The third-order valence-electron chi connectivity index (χ3n) is 11.2. The maximum Gasteiger partial charge on any atom is 0.0691 e. The first kappa shape index (κ1) is 22.4. The van der Waals surface area contributed by atoms with Crippen molar-refractivity contribution < 1.29 is 14.9 Å². The van der Waals surface area contributed by atoms with Gasteiger partial charge in [0.25, 0.3) is 0 Å². The van der Waals surface area contributed by atoms with Gasteiger partial charge in [-0.25, -0.2) is 0 Å². The molecule has 3 nitrogen and oxygen atoms in total. The summed E-state index contributed by atoms with van der Waals surface area (Å²) >= 11 is 0. The van der Waals surface area contributed by atoms with Gasteiger partial charge < -0.3 is 14.9 Å². The molecule has 1 aliphatic heterocycles. The van der Waals surface area contributed by atoms with Crippen molar-refractivity contribution in [2.45, 2.75) is 115 Å². The van der Waals surface area contributed by atoms with Gasteiger partial charge in [0.2, 0.25) is 0 Å². The molecule has 176 valence electrons. The van der Waals surface area contributed by atoms with Crippen LogP contribution in [0.2, 0.25) is 0 Å². The van der Waals surface area contributed by atoms with Gasteiger partial charge in [-0.1, -0.05) is 31.9 Å². The van der Waals surface area contributed by atoms with E-state index in [0.29, 0.717) is 10.8 Å². The summed E-state index contributed by atoms with van der Waals surface area (Å²) in [6.45, 7) is 8.66. The Kier molecular flexibility index (Phi) is 5.67. The highest BCUT2D eigenvalue weighted by Gasteiger charge is 2.58. The normalized spacial score (nSPS) is 49.0. The molecule has 0 aromatic carbocycles. The van der Waals surface area contributed by atoms with Crippen molar-refractivity contribution in [3.05, 3.63) is 11.6 Å². The van der Waals surface area contributed by atoms with Crippen LogP contribution in [0.1, 0.15) is 104 Å². The van der Waals surface area contributed by atoms with Gasteiger partial charge in [0, 0.05) is 13.2 Å². The molecule has 5 rings (SSSR count). The Labute approximate surface area is 190 Å². The summed E-state index contributed by atoms with van der Waals surface area (Å²) in [7, 11) is 0. The molecule has 1 saturated heterocycles. The summed E-state index contributed by atoms with van der Waals surface area (Å²) in [4.78, 5) is 0. The number of ether oxygens (including phenoxy) is 1. The standard InChI is InChI=1S/C28H46O3/c1-25(29)13-14-27(3)21(19-25)6-8-22-23-9-7-20(26(23,2)12-10-24(22)27)5-4-11-28(30)15-17-31-18-16-28/h6,20,22-24,29-30H,4-5,7-19H2,1-3H3/t20-,22?,23?,24?,25-,26?,27?/m0/s1. The zero-order valence-electron chi connectivity index (χ0n) is 20.3. The molecular formula is C28H46O3. The van der Waals surface area contributed by atoms with Crippen molar-refractivity contribution in [2.75, 3.05) is 13.2 Å². The van der Waals surface area contributed by atoms with Crippen molar-refractivity contribution >= 4 is 0 Å². The van der Waals surface area contributed by atoms with E-state index in [-0.39, 0.29) is 0 Å². The number of hydrogen-bond acceptors (Lipinski definition) is 3. The second-order valence-electron chi connectivity index (χ2n) is 13.0. The minimum absolute atomic E-state index is 0.330. The van der Waals surface area contributed by atoms with Crippen LogP contribution in [0.25, 0.3) is 0 Å². The van der Waals surface area contributed by atoms with E-state index in [9.17, 15) is 10.2 Å². The molecule has 0 spiro atoms. The lowest BCUT2D eigenvalue weighted by molar-refractivity contribution is -0.0744. The lowest BCUT2D eigenvalue weighted by Gasteiger charge is -2.59. The molecule has 7 atom stereocenters. The quantitative estimate of drug-likeness (QED) is 0.536. The van der Waals surface area contributed by atoms with Crippen LogP contribution in [0.15, 0.2) is 11.6 Å². The molecule has 31 heavy (non-hydrogen) atoms. The molecule has 3 saturated carbocycles. The molecule has 0 aromatic rings. The van der Waals surface area contributed by atoms with Crippen LogP contribution in [0.5, 0.6) is 0 Å². The third-order valence-corrected chi connectivity index (χ3v) is 11.2. The number of hydrogen-bond donors (Lipinski definition) is 2. The Hall–Kier alpha value is -0.380. The van der Waals surface area contributed by atoms with Crippen molar-refractivity contribution in [1.82, 2.24) is 0 Å². The van der Waals surface area contributed by atoms with Crippen molar-refractivity contribution in [1.29, 1.82) is 0 Å². The fourth-order valence-corrected chi connectivity index (χ4v) is 9.07. The highest BCUT2D eigenvalue weighted by Crippen LogP contribution is 2.67. The predicted molar refractivity (Wildman–Crippen MR) is 125 cm³/mol. The SMILES string of the molecule is CC12CC[C@](C)(O)CC1=CCC1C2CCC2(C)C1CC[C@@H]2CCCC1(O)CCOCC1. The maximum atomic E-state index is 10.9. The molecule has 4 fully saturated rings. The highest BCUT2D eigenvalue weighted by molar-refractivity contribution is 5.26. The molecule has 1 heterocycles. The molecule has 3 heteroatoms. The predicted octanol–water partition coefficient (Wildman–Crippen LogP) is 6.03. The number of fused-ring (bicyclic) bond motifs is 5. The zero-order chi connectivity index (χ0) is 21.9. The smallest absolute Gasteiger partial charge is 0.0691 e. The van der Waals surface area contributed by atoms with Gasteiger partial charge in [-0.2, -0.15) is 0 Å². The van der Waals surface area contributed by atoms with Gasteiger partial charge in [-0.15, -0.1) is 0 Å². The number of allylic oxidation sites excluding steroid dienone is 1. The van der Waals surface area contributed by atoms with Crippen LogP contribution in [0.3, 0.4) is 0 Å². The summed E-state index contributed by atoms with van der Waals surface area (Å²) in [5.41, 5.74) is 1.45. The summed E-state index contributed by atoms with van der Waals surface area (Å²) in [5, 5.41) is 21.5. The minimum Gasteiger partial charge on any atom is -0.390 e. The molecule has 5 unspecified atom stereocenters. The van der Waals surface area contributed by atoms with Gasteiger partial charge >= 0.3 is 0 Å². The summed E-state index contributed by atoms with van der Waals surface area (Å²) in [6, 6.07) is 0.